The highest BCUT2D eigenvalue weighted by molar-refractivity contribution is 7.13. The van der Waals surface area contributed by atoms with E-state index in [-0.39, 0.29) is 0 Å². The molecule has 3 aromatic rings. The minimum Gasteiger partial charge on any atom is -0.465 e. The summed E-state index contributed by atoms with van der Waals surface area (Å²) < 4.78 is 6.48. The van der Waals surface area contributed by atoms with Crippen molar-refractivity contribution < 1.29 is 9.53 Å². The van der Waals surface area contributed by atoms with Gasteiger partial charge in [0.2, 0.25) is 0 Å². The zero-order chi connectivity index (χ0) is 15.0. The Balaban J connectivity index is 2.25. The molecule has 3 aromatic heterocycles. The number of pyridine rings is 1. The predicted octanol–water partition coefficient (Wildman–Crippen LogP) is 3.46. The number of carbonyl (C=O) groups excluding carboxylic acids is 1. The number of ether oxygens (including phenoxy) is 1. The molecule has 0 saturated heterocycles. The van der Waals surface area contributed by atoms with Crippen molar-refractivity contribution in [3.63, 3.8) is 0 Å². The highest BCUT2D eigenvalue weighted by Crippen LogP contribution is 2.30. The second-order valence-electron chi connectivity index (χ2n) is 4.41. The first-order chi connectivity index (χ1) is 10.2. The average molecular weight is 322 g/mol. The first-order valence-electron chi connectivity index (χ1n) is 6.35. The van der Waals surface area contributed by atoms with Crippen LogP contribution in [0.3, 0.4) is 0 Å². The molecule has 0 atom stereocenters. The van der Waals surface area contributed by atoms with Crippen LogP contribution in [0.15, 0.2) is 23.7 Å². The van der Waals surface area contributed by atoms with E-state index in [2.05, 4.69) is 23.2 Å². The molecule has 0 unspecified atom stereocenters. The number of hydrogen-bond acceptors (Lipinski definition) is 5. The first kappa shape index (κ1) is 14.0. The van der Waals surface area contributed by atoms with Crippen molar-refractivity contribution in [2.24, 2.45) is 0 Å². The van der Waals surface area contributed by atoms with Crippen LogP contribution in [0.4, 0.5) is 0 Å². The van der Waals surface area contributed by atoms with Crippen LogP contribution >= 0.6 is 22.9 Å². The topological polar surface area (TPSA) is 56.5 Å². The van der Waals surface area contributed by atoms with Crippen LogP contribution in [0.1, 0.15) is 22.8 Å². The van der Waals surface area contributed by atoms with Crippen molar-refractivity contribution in [3.8, 4) is 10.7 Å². The van der Waals surface area contributed by atoms with Crippen LogP contribution in [-0.4, -0.2) is 27.7 Å². The molecule has 0 amide bonds. The summed E-state index contributed by atoms with van der Waals surface area (Å²) in [5, 5.41) is 10.7. The van der Waals surface area contributed by atoms with Gasteiger partial charge in [0.1, 0.15) is 0 Å². The molecular weight excluding hydrogens is 310 g/mol. The Hall–Kier alpha value is -1.92. The number of fused-ring (bicyclic) bond motifs is 1. The monoisotopic (exact) mass is 321 g/mol. The zero-order valence-electron chi connectivity index (χ0n) is 11.5. The molecule has 3 rings (SSSR count). The minimum absolute atomic E-state index is 0.366. The summed E-state index contributed by atoms with van der Waals surface area (Å²) in [5.41, 5.74) is 2.08. The number of rotatable bonds is 3. The van der Waals surface area contributed by atoms with Gasteiger partial charge in [-0.05, 0) is 29.5 Å². The number of esters is 1. The van der Waals surface area contributed by atoms with Crippen molar-refractivity contribution in [2.45, 2.75) is 13.3 Å². The number of aryl methyl sites for hydroxylation is 1. The summed E-state index contributed by atoms with van der Waals surface area (Å²) in [5.74, 6) is 0.241. The van der Waals surface area contributed by atoms with Gasteiger partial charge in [0, 0.05) is 6.20 Å². The fourth-order valence-corrected chi connectivity index (χ4v) is 3.37. The quantitative estimate of drug-likeness (QED) is 0.693. The minimum atomic E-state index is -0.444. The van der Waals surface area contributed by atoms with E-state index in [1.807, 2.05) is 5.38 Å². The Kier molecular flexibility index (Phi) is 3.65. The third kappa shape index (κ3) is 2.30. The Labute approximate surface area is 130 Å². The predicted molar refractivity (Wildman–Crippen MR) is 82.0 cm³/mol. The van der Waals surface area contributed by atoms with E-state index >= 15 is 0 Å². The molecule has 5 nitrogen and oxygen atoms in total. The molecule has 0 saturated carbocycles. The summed E-state index contributed by atoms with van der Waals surface area (Å²) in [6.45, 7) is 2.08. The standard InChI is InChI=1S/C14H12ClN3O2S/c1-3-8-4-5-21-11(8)13-17-16-12-10(15)6-9(7-18(12)13)14(19)20-2/h4-7H,3H2,1-2H3. The smallest absolute Gasteiger partial charge is 0.339 e. The van der Waals surface area contributed by atoms with E-state index in [1.54, 1.807) is 21.9 Å². The average Bonchev–Trinajstić information content (AvgIpc) is 3.11. The molecule has 0 aliphatic heterocycles. The molecule has 0 fully saturated rings. The van der Waals surface area contributed by atoms with Crippen molar-refractivity contribution in [1.82, 2.24) is 14.6 Å². The van der Waals surface area contributed by atoms with Crippen LogP contribution in [0.25, 0.3) is 16.3 Å². The maximum Gasteiger partial charge on any atom is 0.339 e. The number of hydrogen-bond donors (Lipinski definition) is 0. The number of methoxy groups -OCH3 is 1. The molecule has 0 aromatic carbocycles. The molecule has 0 N–H and O–H groups in total. The Morgan fingerprint density at radius 3 is 3.00 bits per heavy atom. The lowest BCUT2D eigenvalue weighted by molar-refractivity contribution is 0.0600. The Morgan fingerprint density at radius 2 is 2.29 bits per heavy atom. The maximum absolute atomic E-state index is 11.7. The number of nitrogens with zero attached hydrogens (tertiary/aromatic N) is 3. The van der Waals surface area contributed by atoms with E-state index in [9.17, 15) is 4.79 Å². The summed E-state index contributed by atoms with van der Waals surface area (Å²) in [4.78, 5) is 12.8. The van der Waals surface area contributed by atoms with Gasteiger partial charge in [0.05, 0.1) is 22.6 Å². The largest absolute Gasteiger partial charge is 0.465 e. The maximum atomic E-state index is 11.7. The lowest BCUT2D eigenvalue weighted by Gasteiger charge is -2.04. The Morgan fingerprint density at radius 1 is 1.48 bits per heavy atom. The second kappa shape index (κ2) is 5.46. The number of carbonyl (C=O) groups is 1. The number of halogens is 1. The van der Waals surface area contributed by atoms with E-state index in [4.69, 9.17) is 16.3 Å². The summed E-state index contributed by atoms with van der Waals surface area (Å²) in [6, 6.07) is 3.60. The second-order valence-corrected chi connectivity index (χ2v) is 5.74. The van der Waals surface area contributed by atoms with Crippen LogP contribution in [0.2, 0.25) is 5.02 Å². The van der Waals surface area contributed by atoms with Crippen molar-refractivity contribution >= 4 is 34.6 Å². The molecule has 0 aliphatic rings. The fourth-order valence-electron chi connectivity index (χ4n) is 2.15. The van der Waals surface area contributed by atoms with Gasteiger partial charge in [-0.2, -0.15) is 0 Å². The molecule has 0 bridgehead atoms. The molecule has 0 radical (unpaired) electrons. The lowest BCUT2D eigenvalue weighted by atomic mass is 10.2. The third-order valence-electron chi connectivity index (χ3n) is 3.21. The van der Waals surface area contributed by atoms with Gasteiger partial charge in [0.25, 0.3) is 0 Å². The van der Waals surface area contributed by atoms with E-state index in [0.717, 1.165) is 11.3 Å². The normalized spacial score (nSPS) is 11.0. The van der Waals surface area contributed by atoms with Gasteiger partial charge in [-0.1, -0.05) is 18.5 Å². The molecule has 7 heteroatoms. The van der Waals surface area contributed by atoms with Gasteiger partial charge < -0.3 is 4.74 Å². The van der Waals surface area contributed by atoms with Gasteiger partial charge >= 0.3 is 5.97 Å². The van der Waals surface area contributed by atoms with E-state index in [1.165, 1.54) is 18.7 Å². The summed E-state index contributed by atoms with van der Waals surface area (Å²) in [7, 11) is 1.34. The van der Waals surface area contributed by atoms with Gasteiger partial charge in [0.15, 0.2) is 11.5 Å². The SMILES string of the molecule is CCc1ccsc1-c1nnc2c(Cl)cc(C(=O)OC)cn12. The van der Waals surface area contributed by atoms with Gasteiger partial charge in [-0.25, -0.2) is 4.79 Å². The molecule has 108 valence electrons. The molecule has 0 aliphatic carbocycles. The first-order valence-corrected chi connectivity index (χ1v) is 7.60. The number of thiophene rings is 1. The van der Waals surface area contributed by atoms with Crippen LogP contribution < -0.4 is 0 Å². The van der Waals surface area contributed by atoms with Crippen LogP contribution in [-0.2, 0) is 11.2 Å². The third-order valence-corrected chi connectivity index (χ3v) is 4.44. The molecule has 3 heterocycles. The van der Waals surface area contributed by atoms with Crippen molar-refractivity contribution in [3.05, 3.63) is 39.9 Å². The van der Waals surface area contributed by atoms with Gasteiger partial charge in [-0.3, -0.25) is 4.40 Å². The van der Waals surface area contributed by atoms with Crippen molar-refractivity contribution in [1.29, 1.82) is 0 Å². The fraction of sp³-hybridized carbons (Fsp3) is 0.214. The van der Waals surface area contributed by atoms with Gasteiger partial charge in [-0.15, -0.1) is 21.5 Å². The van der Waals surface area contributed by atoms with Crippen LogP contribution in [0.5, 0.6) is 0 Å². The van der Waals surface area contributed by atoms with Crippen LogP contribution in [0, 0.1) is 0 Å². The highest BCUT2D eigenvalue weighted by atomic mass is 35.5. The highest BCUT2D eigenvalue weighted by Gasteiger charge is 2.17. The molecule has 21 heavy (non-hydrogen) atoms. The zero-order valence-corrected chi connectivity index (χ0v) is 13.0. The molecule has 0 spiro atoms. The van der Waals surface area contributed by atoms with E-state index in [0.29, 0.717) is 22.1 Å². The van der Waals surface area contributed by atoms with Crippen molar-refractivity contribution in [2.75, 3.05) is 7.11 Å². The Bertz CT molecular complexity index is 825. The molecular formula is C14H12ClN3O2S. The lowest BCUT2D eigenvalue weighted by Crippen LogP contribution is -2.03. The summed E-state index contributed by atoms with van der Waals surface area (Å²) >= 11 is 7.77. The van der Waals surface area contributed by atoms with E-state index < -0.39 is 5.97 Å². The summed E-state index contributed by atoms with van der Waals surface area (Å²) in [6.07, 6.45) is 2.56. The number of aromatic nitrogens is 3.